The molecule has 0 N–H and O–H groups in total. The number of rotatable bonds is 6. The smallest absolute Gasteiger partial charge is 0.338 e. The van der Waals surface area contributed by atoms with Crippen molar-refractivity contribution in [3.05, 3.63) is 34.9 Å². The summed E-state index contributed by atoms with van der Waals surface area (Å²) < 4.78 is 5.03. The van der Waals surface area contributed by atoms with Crippen molar-refractivity contribution >= 4 is 23.4 Å². The number of Topliss-reactive ketones (excluding diaryl/α,β-unsaturated/α-hetero) is 1. The highest BCUT2D eigenvalue weighted by Crippen LogP contribution is 2.10. The van der Waals surface area contributed by atoms with Gasteiger partial charge >= 0.3 is 5.97 Å². The van der Waals surface area contributed by atoms with Crippen molar-refractivity contribution in [2.24, 2.45) is 0 Å². The summed E-state index contributed by atoms with van der Waals surface area (Å²) in [5, 5.41) is 0.579. The van der Waals surface area contributed by atoms with E-state index < -0.39 is 0 Å². The Labute approximate surface area is 106 Å². The lowest BCUT2D eigenvalue weighted by molar-refractivity contribution is -0.119. The van der Waals surface area contributed by atoms with Crippen LogP contribution in [0.1, 0.15) is 36.5 Å². The van der Waals surface area contributed by atoms with Gasteiger partial charge in [0.15, 0.2) is 0 Å². The van der Waals surface area contributed by atoms with Crippen molar-refractivity contribution in [1.29, 1.82) is 0 Å². The first kappa shape index (κ1) is 13.7. The molecule has 0 atom stereocenters. The lowest BCUT2D eigenvalue weighted by atomic mass is 10.2. The molecule has 92 valence electrons. The molecule has 1 rings (SSSR count). The van der Waals surface area contributed by atoms with Gasteiger partial charge in [-0.2, -0.15) is 0 Å². The second kappa shape index (κ2) is 7.07. The van der Waals surface area contributed by atoms with Gasteiger partial charge < -0.3 is 4.74 Å². The minimum atomic E-state index is -0.384. The maximum atomic E-state index is 11.5. The molecule has 0 aliphatic rings. The van der Waals surface area contributed by atoms with Crippen molar-refractivity contribution in [3.8, 4) is 0 Å². The van der Waals surface area contributed by atoms with Crippen LogP contribution in [0.5, 0.6) is 0 Å². The molecule has 17 heavy (non-hydrogen) atoms. The van der Waals surface area contributed by atoms with Gasteiger partial charge in [-0.3, -0.25) is 4.79 Å². The predicted molar refractivity (Wildman–Crippen MR) is 66.3 cm³/mol. The molecule has 0 bridgehead atoms. The number of hydrogen-bond donors (Lipinski definition) is 0. The highest BCUT2D eigenvalue weighted by molar-refractivity contribution is 6.30. The monoisotopic (exact) mass is 254 g/mol. The molecule has 0 spiro atoms. The first-order valence-electron chi connectivity index (χ1n) is 5.58. The van der Waals surface area contributed by atoms with E-state index in [1.807, 2.05) is 6.92 Å². The number of hydrogen-bond acceptors (Lipinski definition) is 3. The van der Waals surface area contributed by atoms with Gasteiger partial charge in [-0.25, -0.2) is 4.79 Å². The second-order valence-electron chi connectivity index (χ2n) is 3.64. The van der Waals surface area contributed by atoms with Crippen LogP contribution in [0.4, 0.5) is 0 Å². The summed E-state index contributed by atoms with van der Waals surface area (Å²) >= 11 is 5.70. The second-order valence-corrected chi connectivity index (χ2v) is 4.08. The van der Waals surface area contributed by atoms with Crippen LogP contribution >= 0.6 is 11.6 Å². The van der Waals surface area contributed by atoms with E-state index in [9.17, 15) is 9.59 Å². The fourth-order valence-corrected chi connectivity index (χ4v) is 1.41. The fourth-order valence-electron chi connectivity index (χ4n) is 1.28. The summed E-state index contributed by atoms with van der Waals surface area (Å²) in [5.74, 6) is -0.196. The SMILES string of the molecule is CCC(=O)CCCOC(=O)c1ccc(Cl)cc1. The van der Waals surface area contributed by atoms with Crippen molar-refractivity contribution in [2.75, 3.05) is 6.61 Å². The minimum absolute atomic E-state index is 0.188. The van der Waals surface area contributed by atoms with Crippen LogP contribution in [0.15, 0.2) is 24.3 Å². The molecular formula is C13H15ClO3. The Bertz CT molecular complexity index is 384. The molecular weight excluding hydrogens is 240 g/mol. The molecule has 0 aliphatic heterocycles. The third kappa shape index (κ3) is 5.00. The van der Waals surface area contributed by atoms with Crippen LogP contribution in [0.3, 0.4) is 0 Å². The maximum Gasteiger partial charge on any atom is 0.338 e. The first-order valence-corrected chi connectivity index (χ1v) is 5.95. The van der Waals surface area contributed by atoms with Gasteiger partial charge in [0, 0.05) is 17.9 Å². The van der Waals surface area contributed by atoms with E-state index in [4.69, 9.17) is 16.3 Å². The van der Waals surface area contributed by atoms with Gasteiger partial charge in [0.2, 0.25) is 0 Å². The molecule has 0 saturated heterocycles. The summed E-state index contributed by atoms with van der Waals surface area (Å²) in [7, 11) is 0. The summed E-state index contributed by atoms with van der Waals surface area (Å²) in [5.41, 5.74) is 0.469. The zero-order valence-corrected chi connectivity index (χ0v) is 10.5. The Morgan fingerprint density at radius 3 is 2.47 bits per heavy atom. The lowest BCUT2D eigenvalue weighted by Gasteiger charge is -2.04. The fraction of sp³-hybridized carbons (Fsp3) is 0.385. The number of carbonyl (C=O) groups excluding carboxylic acids is 2. The number of ether oxygens (including phenoxy) is 1. The zero-order valence-electron chi connectivity index (χ0n) is 9.74. The molecule has 0 amide bonds. The number of benzene rings is 1. The van der Waals surface area contributed by atoms with Crippen molar-refractivity contribution in [2.45, 2.75) is 26.2 Å². The van der Waals surface area contributed by atoms with E-state index in [2.05, 4.69) is 0 Å². The predicted octanol–water partition coefficient (Wildman–Crippen LogP) is 3.26. The largest absolute Gasteiger partial charge is 0.462 e. The summed E-state index contributed by atoms with van der Waals surface area (Å²) in [6.07, 6.45) is 1.57. The van der Waals surface area contributed by atoms with Crippen molar-refractivity contribution < 1.29 is 14.3 Å². The van der Waals surface area contributed by atoms with Crippen LogP contribution in [0, 0.1) is 0 Å². The molecule has 0 saturated carbocycles. The quantitative estimate of drug-likeness (QED) is 0.578. The standard InChI is InChI=1S/C13H15ClO3/c1-2-12(15)4-3-9-17-13(16)10-5-7-11(14)8-6-10/h5-8H,2-4,9H2,1H3. The van der Waals surface area contributed by atoms with Crippen LogP contribution in [-0.2, 0) is 9.53 Å². The van der Waals surface area contributed by atoms with Gasteiger partial charge in [0.25, 0.3) is 0 Å². The summed E-state index contributed by atoms with van der Waals surface area (Å²) in [4.78, 5) is 22.5. The van der Waals surface area contributed by atoms with E-state index in [1.54, 1.807) is 24.3 Å². The van der Waals surface area contributed by atoms with Crippen LogP contribution < -0.4 is 0 Å². The van der Waals surface area contributed by atoms with Gasteiger partial charge in [0.05, 0.1) is 12.2 Å². The molecule has 0 radical (unpaired) electrons. The third-order valence-electron chi connectivity index (χ3n) is 2.31. The molecule has 1 aromatic rings. The molecule has 0 aromatic heterocycles. The van der Waals surface area contributed by atoms with Gasteiger partial charge in [-0.05, 0) is 30.7 Å². The number of carbonyl (C=O) groups is 2. The molecule has 0 fully saturated rings. The van der Waals surface area contributed by atoms with Crippen LogP contribution in [0.2, 0.25) is 5.02 Å². The topological polar surface area (TPSA) is 43.4 Å². The van der Waals surface area contributed by atoms with Crippen molar-refractivity contribution in [3.63, 3.8) is 0 Å². The average Bonchev–Trinajstić information content (AvgIpc) is 2.34. The van der Waals surface area contributed by atoms with E-state index >= 15 is 0 Å². The van der Waals surface area contributed by atoms with E-state index in [0.29, 0.717) is 29.8 Å². The maximum absolute atomic E-state index is 11.5. The lowest BCUT2D eigenvalue weighted by Crippen LogP contribution is -2.07. The van der Waals surface area contributed by atoms with Crippen molar-refractivity contribution in [1.82, 2.24) is 0 Å². The Morgan fingerprint density at radius 2 is 1.88 bits per heavy atom. The number of esters is 1. The van der Waals surface area contributed by atoms with E-state index in [0.717, 1.165) is 0 Å². The summed E-state index contributed by atoms with van der Waals surface area (Å²) in [6, 6.07) is 6.50. The van der Waals surface area contributed by atoms with Gasteiger partial charge in [-0.15, -0.1) is 0 Å². The highest BCUT2D eigenvalue weighted by atomic mass is 35.5. The van der Waals surface area contributed by atoms with Crippen LogP contribution in [0.25, 0.3) is 0 Å². The first-order chi connectivity index (χ1) is 8.13. The molecule has 0 unspecified atom stereocenters. The third-order valence-corrected chi connectivity index (χ3v) is 2.56. The van der Waals surface area contributed by atoms with Crippen LogP contribution in [-0.4, -0.2) is 18.4 Å². The molecule has 4 heteroatoms. The average molecular weight is 255 g/mol. The molecule has 1 aromatic carbocycles. The Hall–Kier alpha value is -1.35. The molecule has 0 heterocycles. The normalized spacial score (nSPS) is 10.0. The Balaban J connectivity index is 2.30. The minimum Gasteiger partial charge on any atom is -0.462 e. The Morgan fingerprint density at radius 1 is 1.24 bits per heavy atom. The number of ketones is 1. The van der Waals surface area contributed by atoms with E-state index in [1.165, 1.54) is 0 Å². The van der Waals surface area contributed by atoms with Gasteiger partial charge in [-0.1, -0.05) is 18.5 Å². The molecule has 3 nitrogen and oxygen atoms in total. The van der Waals surface area contributed by atoms with E-state index in [-0.39, 0.29) is 18.4 Å². The number of halogens is 1. The van der Waals surface area contributed by atoms with Gasteiger partial charge in [0.1, 0.15) is 5.78 Å². The zero-order chi connectivity index (χ0) is 12.7. The highest BCUT2D eigenvalue weighted by Gasteiger charge is 2.06. The summed E-state index contributed by atoms with van der Waals surface area (Å²) in [6.45, 7) is 2.09. The Kier molecular flexibility index (Phi) is 5.70. The molecule has 0 aliphatic carbocycles.